The predicted octanol–water partition coefficient (Wildman–Crippen LogP) is 4.79. The summed E-state index contributed by atoms with van der Waals surface area (Å²) in [6, 6.07) is 21.2. The molecule has 0 N–H and O–H groups in total. The number of esters is 1. The Morgan fingerprint density at radius 3 is 2.10 bits per heavy atom. The van der Waals surface area contributed by atoms with Crippen LogP contribution in [0.1, 0.15) is 6.92 Å². The van der Waals surface area contributed by atoms with Crippen LogP contribution in [0.2, 0.25) is 0 Å². The van der Waals surface area contributed by atoms with Crippen LogP contribution < -0.4 is 14.2 Å². The van der Waals surface area contributed by atoms with Crippen LogP contribution in [0.4, 0.5) is 0 Å². The summed E-state index contributed by atoms with van der Waals surface area (Å²) in [5.41, 5.74) is 0. The number of benzene rings is 3. The number of hydrogen-bond acceptors (Lipinski definition) is 5. The molecule has 0 heterocycles. The standard InChI is InChI=1S/C24H24O5/c1-3-24(25)29-18(2)17-28-23-14-13-22(20-11-7-8-12-21(20)23)27-16-15-26-19-9-5-4-6-10-19/h3-14,18H,1,15-17H2,2H3. The molecule has 0 spiro atoms. The normalized spacial score (nSPS) is 11.5. The van der Waals surface area contributed by atoms with Gasteiger partial charge >= 0.3 is 5.97 Å². The Morgan fingerprint density at radius 1 is 0.862 bits per heavy atom. The van der Waals surface area contributed by atoms with E-state index in [0.717, 1.165) is 28.3 Å². The second kappa shape index (κ2) is 10.2. The Morgan fingerprint density at radius 2 is 1.45 bits per heavy atom. The van der Waals surface area contributed by atoms with Crippen molar-refractivity contribution in [3.8, 4) is 17.2 Å². The van der Waals surface area contributed by atoms with Gasteiger partial charge in [0.15, 0.2) is 0 Å². The van der Waals surface area contributed by atoms with Gasteiger partial charge in [-0.2, -0.15) is 0 Å². The molecule has 0 fully saturated rings. The Labute approximate surface area is 170 Å². The lowest BCUT2D eigenvalue weighted by Gasteiger charge is -2.16. The maximum absolute atomic E-state index is 11.3. The predicted molar refractivity (Wildman–Crippen MR) is 113 cm³/mol. The summed E-state index contributed by atoms with van der Waals surface area (Å²) in [5.74, 6) is 1.81. The fourth-order valence-electron chi connectivity index (χ4n) is 2.81. The van der Waals surface area contributed by atoms with Gasteiger partial charge in [0.1, 0.15) is 43.2 Å². The highest BCUT2D eigenvalue weighted by Crippen LogP contribution is 2.33. The molecule has 0 amide bonds. The van der Waals surface area contributed by atoms with Crippen LogP contribution >= 0.6 is 0 Å². The molecule has 1 unspecified atom stereocenters. The average molecular weight is 392 g/mol. The number of carbonyl (C=O) groups excluding carboxylic acids is 1. The van der Waals surface area contributed by atoms with E-state index in [0.29, 0.717) is 19.0 Å². The van der Waals surface area contributed by atoms with E-state index in [1.807, 2.05) is 66.7 Å². The van der Waals surface area contributed by atoms with Crippen molar-refractivity contribution >= 4 is 16.7 Å². The lowest BCUT2D eigenvalue weighted by Crippen LogP contribution is -2.20. The van der Waals surface area contributed by atoms with Crippen LogP contribution in [0.3, 0.4) is 0 Å². The van der Waals surface area contributed by atoms with Gasteiger partial charge in [0.05, 0.1) is 0 Å². The molecular formula is C24H24O5. The Hall–Kier alpha value is -3.47. The summed E-state index contributed by atoms with van der Waals surface area (Å²) < 4.78 is 22.6. The molecule has 0 aliphatic rings. The summed E-state index contributed by atoms with van der Waals surface area (Å²) in [4.78, 5) is 11.3. The summed E-state index contributed by atoms with van der Waals surface area (Å²) in [7, 11) is 0. The number of ether oxygens (including phenoxy) is 4. The molecule has 3 aromatic rings. The highest BCUT2D eigenvalue weighted by atomic mass is 16.6. The van der Waals surface area contributed by atoms with Gasteiger partial charge < -0.3 is 18.9 Å². The van der Waals surface area contributed by atoms with Crippen LogP contribution in [-0.2, 0) is 9.53 Å². The van der Waals surface area contributed by atoms with E-state index in [-0.39, 0.29) is 12.7 Å². The average Bonchev–Trinajstić information content (AvgIpc) is 2.76. The number of para-hydroxylation sites is 1. The minimum Gasteiger partial charge on any atom is -0.490 e. The van der Waals surface area contributed by atoms with Crippen molar-refractivity contribution in [3.05, 3.63) is 79.4 Å². The molecular weight excluding hydrogens is 368 g/mol. The van der Waals surface area contributed by atoms with E-state index < -0.39 is 5.97 Å². The van der Waals surface area contributed by atoms with Gasteiger partial charge in [-0.05, 0) is 31.2 Å². The molecule has 0 bridgehead atoms. The van der Waals surface area contributed by atoms with Gasteiger partial charge in [-0.25, -0.2) is 4.79 Å². The maximum Gasteiger partial charge on any atom is 0.330 e. The molecule has 0 saturated heterocycles. The van der Waals surface area contributed by atoms with Crippen molar-refractivity contribution in [1.82, 2.24) is 0 Å². The highest BCUT2D eigenvalue weighted by molar-refractivity contribution is 5.93. The van der Waals surface area contributed by atoms with Crippen molar-refractivity contribution < 1.29 is 23.7 Å². The summed E-state index contributed by atoms with van der Waals surface area (Å²) in [6.07, 6.45) is 0.754. The van der Waals surface area contributed by atoms with E-state index in [9.17, 15) is 4.79 Å². The van der Waals surface area contributed by atoms with Crippen LogP contribution in [0.25, 0.3) is 10.8 Å². The third-order valence-corrected chi connectivity index (χ3v) is 4.15. The minimum atomic E-state index is -0.465. The van der Waals surface area contributed by atoms with Crippen LogP contribution in [0.15, 0.2) is 79.4 Å². The number of hydrogen-bond donors (Lipinski definition) is 0. The summed E-state index contributed by atoms with van der Waals surface area (Å²) >= 11 is 0. The van der Waals surface area contributed by atoms with Gasteiger partial charge in [-0.15, -0.1) is 0 Å². The van der Waals surface area contributed by atoms with Crippen molar-refractivity contribution in [1.29, 1.82) is 0 Å². The first kappa shape index (κ1) is 20.3. The first-order valence-electron chi connectivity index (χ1n) is 9.45. The number of fused-ring (bicyclic) bond motifs is 1. The molecule has 29 heavy (non-hydrogen) atoms. The van der Waals surface area contributed by atoms with E-state index in [4.69, 9.17) is 18.9 Å². The summed E-state index contributed by atoms with van der Waals surface area (Å²) in [5, 5.41) is 1.87. The van der Waals surface area contributed by atoms with Gasteiger partial charge in [0, 0.05) is 16.8 Å². The maximum atomic E-state index is 11.3. The SMILES string of the molecule is C=CC(=O)OC(C)COc1ccc(OCCOc2ccccc2)c2ccccc12. The van der Waals surface area contributed by atoms with Gasteiger partial charge in [-0.1, -0.05) is 49.0 Å². The molecule has 5 heteroatoms. The first-order valence-corrected chi connectivity index (χ1v) is 9.45. The molecule has 3 rings (SSSR count). The lowest BCUT2D eigenvalue weighted by atomic mass is 10.1. The molecule has 150 valence electrons. The van der Waals surface area contributed by atoms with Gasteiger partial charge in [0.2, 0.25) is 0 Å². The molecule has 5 nitrogen and oxygen atoms in total. The lowest BCUT2D eigenvalue weighted by molar-refractivity contribution is -0.143. The second-order valence-electron chi connectivity index (χ2n) is 6.38. The van der Waals surface area contributed by atoms with Crippen molar-refractivity contribution in [2.24, 2.45) is 0 Å². The zero-order valence-electron chi connectivity index (χ0n) is 16.4. The third kappa shape index (κ3) is 5.75. The van der Waals surface area contributed by atoms with Gasteiger partial charge in [0.25, 0.3) is 0 Å². The molecule has 0 radical (unpaired) electrons. The van der Waals surface area contributed by atoms with Crippen molar-refractivity contribution in [2.45, 2.75) is 13.0 Å². The van der Waals surface area contributed by atoms with Crippen LogP contribution in [-0.4, -0.2) is 31.9 Å². The summed E-state index contributed by atoms with van der Waals surface area (Å²) in [6.45, 7) is 6.28. The molecule has 0 saturated carbocycles. The highest BCUT2D eigenvalue weighted by Gasteiger charge is 2.11. The largest absolute Gasteiger partial charge is 0.490 e. The van der Waals surface area contributed by atoms with E-state index in [1.54, 1.807) is 6.92 Å². The smallest absolute Gasteiger partial charge is 0.330 e. The Kier molecular flexibility index (Phi) is 7.11. The fourth-order valence-corrected chi connectivity index (χ4v) is 2.81. The van der Waals surface area contributed by atoms with Crippen molar-refractivity contribution in [2.75, 3.05) is 19.8 Å². The molecule has 0 aliphatic heterocycles. The second-order valence-corrected chi connectivity index (χ2v) is 6.38. The Balaban J connectivity index is 1.62. The van der Waals surface area contributed by atoms with Crippen LogP contribution in [0, 0.1) is 0 Å². The molecule has 0 aromatic heterocycles. The Bertz CT molecular complexity index is 952. The quantitative estimate of drug-likeness (QED) is 0.282. The topological polar surface area (TPSA) is 54.0 Å². The zero-order chi connectivity index (χ0) is 20.5. The molecule has 0 aliphatic carbocycles. The molecule has 3 aromatic carbocycles. The van der Waals surface area contributed by atoms with E-state index in [2.05, 4.69) is 6.58 Å². The minimum absolute atomic E-state index is 0.245. The van der Waals surface area contributed by atoms with Gasteiger partial charge in [-0.3, -0.25) is 0 Å². The number of carbonyl (C=O) groups is 1. The molecule has 1 atom stereocenters. The van der Waals surface area contributed by atoms with Crippen molar-refractivity contribution in [3.63, 3.8) is 0 Å². The van der Waals surface area contributed by atoms with E-state index >= 15 is 0 Å². The zero-order valence-corrected chi connectivity index (χ0v) is 16.4. The van der Waals surface area contributed by atoms with E-state index in [1.165, 1.54) is 0 Å². The monoisotopic (exact) mass is 392 g/mol. The number of rotatable bonds is 10. The first-order chi connectivity index (χ1) is 14.2. The van der Waals surface area contributed by atoms with Crippen LogP contribution in [0.5, 0.6) is 17.2 Å². The fraction of sp³-hybridized carbons (Fsp3) is 0.208. The third-order valence-electron chi connectivity index (χ3n) is 4.15.